The molecule has 0 aliphatic carbocycles. The molecular formula is C13H28N2O. The maximum Gasteiger partial charge on any atom is 0.237 e. The van der Waals surface area contributed by atoms with Crippen molar-refractivity contribution < 1.29 is 4.79 Å². The monoisotopic (exact) mass is 228 g/mol. The molecule has 0 saturated carbocycles. The van der Waals surface area contributed by atoms with Crippen molar-refractivity contribution in [2.45, 2.75) is 71.9 Å². The number of unbranched alkanes of at least 4 members (excludes halogenated alkanes) is 2. The quantitative estimate of drug-likeness (QED) is 0.627. The van der Waals surface area contributed by atoms with Gasteiger partial charge in [0, 0.05) is 6.04 Å². The van der Waals surface area contributed by atoms with E-state index in [0.717, 1.165) is 12.8 Å². The lowest BCUT2D eigenvalue weighted by Crippen LogP contribution is -2.47. The zero-order valence-corrected chi connectivity index (χ0v) is 11.3. The van der Waals surface area contributed by atoms with Crippen LogP contribution in [0.2, 0.25) is 0 Å². The second-order valence-electron chi connectivity index (χ2n) is 4.82. The minimum absolute atomic E-state index is 0.00153. The zero-order valence-electron chi connectivity index (χ0n) is 11.3. The summed E-state index contributed by atoms with van der Waals surface area (Å²) in [5.41, 5.74) is 5.86. The highest BCUT2D eigenvalue weighted by Crippen LogP contribution is 2.07. The van der Waals surface area contributed by atoms with E-state index in [2.05, 4.69) is 26.1 Å². The number of rotatable bonds is 8. The Kier molecular flexibility index (Phi) is 8.26. The van der Waals surface area contributed by atoms with Crippen LogP contribution in [-0.4, -0.2) is 18.0 Å². The van der Waals surface area contributed by atoms with Gasteiger partial charge in [-0.05, 0) is 19.3 Å². The number of nitrogens with one attached hydrogen (secondary N) is 1. The lowest BCUT2D eigenvalue weighted by atomic mass is 9.99. The van der Waals surface area contributed by atoms with E-state index in [9.17, 15) is 4.79 Å². The van der Waals surface area contributed by atoms with Crippen molar-refractivity contribution in [2.75, 3.05) is 0 Å². The summed E-state index contributed by atoms with van der Waals surface area (Å²) in [6.07, 6.45) is 5.62. The molecule has 0 rings (SSSR count). The maximum absolute atomic E-state index is 11.8. The summed E-state index contributed by atoms with van der Waals surface area (Å²) < 4.78 is 0. The largest absolute Gasteiger partial charge is 0.352 e. The molecule has 0 heterocycles. The molecule has 3 N–H and O–H groups in total. The number of hydrogen-bond donors (Lipinski definition) is 2. The van der Waals surface area contributed by atoms with Gasteiger partial charge in [-0.3, -0.25) is 4.79 Å². The smallest absolute Gasteiger partial charge is 0.237 e. The Labute approximate surface area is 100 Å². The van der Waals surface area contributed by atoms with Gasteiger partial charge in [-0.25, -0.2) is 0 Å². The van der Waals surface area contributed by atoms with E-state index in [-0.39, 0.29) is 23.9 Å². The number of nitrogens with two attached hydrogens (primary N) is 1. The average Bonchev–Trinajstić information content (AvgIpc) is 2.27. The molecule has 1 amide bonds. The van der Waals surface area contributed by atoms with Crippen molar-refractivity contribution in [1.29, 1.82) is 0 Å². The average molecular weight is 228 g/mol. The van der Waals surface area contributed by atoms with Gasteiger partial charge in [0.2, 0.25) is 5.91 Å². The fourth-order valence-corrected chi connectivity index (χ4v) is 1.62. The Balaban J connectivity index is 3.85. The molecule has 3 heteroatoms. The topological polar surface area (TPSA) is 55.1 Å². The maximum atomic E-state index is 11.8. The van der Waals surface area contributed by atoms with Gasteiger partial charge in [-0.2, -0.15) is 0 Å². The second kappa shape index (κ2) is 8.57. The van der Waals surface area contributed by atoms with Gasteiger partial charge in [0.05, 0.1) is 6.04 Å². The molecule has 3 unspecified atom stereocenters. The summed E-state index contributed by atoms with van der Waals surface area (Å²) in [6, 6.07) is -0.118. The summed E-state index contributed by atoms with van der Waals surface area (Å²) in [5, 5.41) is 2.99. The van der Waals surface area contributed by atoms with Gasteiger partial charge >= 0.3 is 0 Å². The molecule has 0 bridgehead atoms. The zero-order chi connectivity index (χ0) is 12.6. The number of carbonyl (C=O) groups excluding carboxylic acids is 1. The third kappa shape index (κ3) is 6.11. The Bertz CT molecular complexity index is 194. The van der Waals surface area contributed by atoms with E-state index in [0.29, 0.717) is 0 Å². The normalized spacial score (nSPS) is 16.6. The first kappa shape index (κ1) is 15.4. The third-order valence-corrected chi connectivity index (χ3v) is 3.19. The van der Waals surface area contributed by atoms with Crippen LogP contribution >= 0.6 is 0 Å². The Morgan fingerprint density at radius 1 is 1.25 bits per heavy atom. The van der Waals surface area contributed by atoms with Crippen molar-refractivity contribution >= 4 is 5.91 Å². The Hall–Kier alpha value is -0.570. The molecule has 0 fully saturated rings. The summed E-state index contributed by atoms with van der Waals surface area (Å²) in [7, 11) is 0. The van der Waals surface area contributed by atoms with Crippen LogP contribution in [0.3, 0.4) is 0 Å². The molecule has 0 aliphatic heterocycles. The van der Waals surface area contributed by atoms with Crippen molar-refractivity contribution in [2.24, 2.45) is 11.7 Å². The highest BCUT2D eigenvalue weighted by Gasteiger charge is 2.20. The third-order valence-electron chi connectivity index (χ3n) is 3.19. The van der Waals surface area contributed by atoms with Gasteiger partial charge in [-0.15, -0.1) is 0 Å². The molecule has 0 radical (unpaired) electrons. The van der Waals surface area contributed by atoms with E-state index in [1.807, 2.05) is 6.92 Å². The number of carbonyl (C=O) groups is 1. The lowest BCUT2D eigenvalue weighted by molar-refractivity contribution is -0.124. The minimum Gasteiger partial charge on any atom is -0.352 e. The highest BCUT2D eigenvalue weighted by molar-refractivity contribution is 5.81. The molecular weight excluding hydrogens is 200 g/mol. The SMILES string of the molecule is CCCCCC(C)NC(=O)C(N)C(C)CC. The van der Waals surface area contributed by atoms with Crippen molar-refractivity contribution in [3.63, 3.8) is 0 Å². The Morgan fingerprint density at radius 2 is 1.88 bits per heavy atom. The number of hydrogen-bond acceptors (Lipinski definition) is 2. The molecule has 16 heavy (non-hydrogen) atoms. The first-order valence-electron chi connectivity index (χ1n) is 6.58. The summed E-state index contributed by atoms with van der Waals surface area (Å²) in [6.45, 7) is 8.31. The second-order valence-corrected chi connectivity index (χ2v) is 4.82. The molecule has 0 aromatic rings. The fourth-order valence-electron chi connectivity index (χ4n) is 1.62. The first-order valence-corrected chi connectivity index (χ1v) is 6.58. The molecule has 0 spiro atoms. The van der Waals surface area contributed by atoms with Crippen LogP contribution < -0.4 is 11.1 Å². The van der Waals surface area contributed by atoms with Crippen molar-refractivity contribution in [3.8, 4) is 0 Å². The van der Waals surface area contributed by atoms with E-state index in [4.69, 9.17) is 5.73 Å². The summed E-state index contributed by atoms with van der Waals surface area (Å²) in [4.78, 5) is 11.8. The number of amides is 1. The molecule has 0 aromatic heterocycles. The van der Waals surface area contributed by atoms with Crippen LogP contribution in [-0.2, 0) is 4.79 Å². The summed E-state index contributed by atoms with van der Waals surface area (Å²) in [5.74, 6) is 0.251. The van der Waals surface area contributed by atoms with Crippen molar-refractivity contribution in [3.05, 3.63) is 0 Å². The molecule has 3 atom stereocenters. The summed E-state index contributed by atoms with van der Waals surface area (Å²) >= 11 is 0. The van der Waals surface area contributed by atoms with Crippen LogP contribution in [0.1, 0.15) is 59.8 Å². The molecule has 0 saturated heterocycles. The van der Waals surface area contributed by atoms with Gasteiger partial charge in [0.15, 0.2) is 0 Å². The van der Waals surface area contributed by atoms with E-state index < -0.39 is 0 Å². The molecule has 0 aromatic carbocycles. The van der Waals surface area contributed by atoms with E-state index in [1.165, 1.54) is 19.3 Å². The molecule has 96 valence electrons. The van der Waals surface area contributed by atoms with Gasteiger partial charge in [-0.1, -0.05) is 46.5 Å². The van der Waals surface area contributed by atoms with Crippen LogP contribution in [0.25, 0.3) is 0 Å². The van der Waals surface area contributed by atoms with Crippen molar-refractivity contribution in [1.82, 2.24) is 5.32 Å². The molecule has 3 nitrogen and oxygen atoms in total. The lowest BCUT2D eigenvalue weighted by Gasteiger charge is -2.21. The van der Waals surface area contributed by atoms with Gasteiger partial charge in [0.1, 0.15) is 0 Å². The minimum atomic E-state index is -0.362. The standard InChI is InChI=1S/C13H28N2O/c1-5-7-8-9-11(4)15-13(16)12(14)10(3)6-2/h10-12H,5-9,14H2,1-4H3,(H,15,16). The van der Waals surface area contributed by atoms with Gasteiger partial charge in [0.25, 0.3) is 0 Å². The first-order chi connectivity index (χ1) is 7.52. The van der Waals surface area contributed by atoms with Crippen LogP contribution in [0.15, 0.2) is 0 Å². The van der Waals surface area contributed by atoms with Gasteiger partial charge < -0.3 is 11.1 Å². The predicted octanol–water partition coefficient (Wildman–Crippen LogP) is 2.44. The predicted molar refractivity (Wildman–Crippen MR) is 69.2 cm³/mol. The molecule has 0 aliphatic rings. The van der Waals surface area contributed by atoms with Crippen LogP contribution in [0.4, 0.5) is 0 Å². The highest BCUT2D eigenvalue weighted by atomic mass is 16.2. The van der Waals surface area contributed by atoms with Crippen LogP contribution in [0, 0.1) is 5.92 Å². The van der Waals surface area contributed by atoms with E-state index in [1.54, 1.807) is 0 Å². The van der Waals surface area contributed by atoms with E-state index >= 15 is 0 Å². The fraction of sp³-hybridized carbons (Fsp3) is 0.923. The van der Waals surface area contributed by atoms with Crippen LogP contribution in [0.5, 0.6) is 0 Å². The Morgan fingerprint density at radius 3 is 2.38 bits per heavy atom.